The van der Waals surface area contributed by atoms with E-state index in [0.29, 0.717) is 17.4 Å². The second-order valence-corrected chi connectivity index (χ2v) is 10.5. The zero-order chi connectivity index (χ0) is 23.0. The molecule has 3 heteroatoms. The topological polar surface area (TPSA) is 29.5 Å². The van der Waals surface area contributed by atoms with Gasteiger partial charge < -0.3 is 4.74 Å². The van der Waals surface area contributed by atoms with Gasteiger partial charge in [-0.3, -0.25) is 4.90 Å². The predicted octanol–water partition coefficient (Wildman–Crippen LogP) is 6.43. The van der Waals surface area contributed by atoms with Crippen LogP contribution in [0.3, 0.4) is 0 Å². The number of hydrogen-bond donors (Lipinski definition) is 0. The molecule has 0 radical (unpaired) electrons. The molecule has 1 heterocycles. The number of carbonyl (C=O) groups is 1. The third kappa shape index (κ3) is 3.86. The first-order chi connectivity index (χ1) is 16.7. The molecule has 3 aliphatic carbocycles. The van der Waals surface area contributed by atoms with Crippen molar-refractivity contribution in [1.82, 2.24) is 4.90 Å². The summed E-state index contributed by atoms with van der Waals surface area (Å²) in [4.78, 5) is 16.0. The molecule has 0 aromatic heterocycles. The van der Waals surface area contributed by atoms with E-state index in [1.165, 1.54) is 24.0 Å². The van der Waals surface area contributed by atoms with Crippen molar-refractivity contribution >= 4 is 5.97 Å². The van der Waals surface area contributed by atoms with Gasteiger partial charge in [-0.05, 0) is 73.9 Å². The Balaban J connectivity index is 1.43. The SMILES string of the molecule is O=C(O[C@@H]1CC2(N3CCCC3)C[C@@H](c3ccccc3)C1[C@H](c1ccccc1)C2)c1ccccc1. The Labute approximate surface area is 202 Å². The van der Waals surface area contributed by atoms with Crippen LogP contribution in [0.4, 0.5) is 0 Å². The van der Waals surface area contributed by atoms with E-state index in [-0.39, 0.29) is 23.5 Å². The number of carbonyl (C=O) groups excluding carboxylic acids is 1. The molecule has 0 spiro atoms. The van der Waals surface area contributed by atoms with Crippen LogP contribution in [-0.4, -0.2) is 35.6 Å². The van der Waals surface area contributed by atoms with Crippen molar-refractivity contribution < 1.29 is 9.53 Å². The van der Waals surface area contributed by atoms with Crippen molar-refractivity contribution in [3.63, 3.8) is 0 Å². The van der Waals surface area contributed by atoms with E-state index in [1.807, 2.05) is 30.3 Å². The van der Waals surface area contributed by atoms with Gasteiger partial charge in [0.1, 0.15) is 6.10 Å². The minimum Gasteiger partial charge on any atom is -0.458 e. The first-order valence-corrected chi connectivity index (χ1v) is 12.8. The molecule has 3 aromatic rings. The van der Waals surface area contributed by atoms with Crippen LogP contribution in [0.15, 0.2) is 91.0 Å². The van der Waals surface area contributed by atoms with E-state index in [1.54, 1.807) is 0 Å². The first-order valence-electron chi connectivity index (χ1n) is 12.8. The summed E-state index contributed by atoms with van der Waals surface area (Å²) in [7, 11) is 0. The monoisotopic (exact) mass is 451 g/mol. The number of benzene rings is 3. The fourth-order valence-electron chi connectivity index (χ4n) is 7.21. The lowest BCUT2D eigenvalue weighted by atomic mass is 9.51. The molecule has 3 saturated carbocycles. The van der Waals surface area contributed by atoms with Gasteiger partial charge in [0.25, 0.3) is 0 Å². The quantitative estimate of drug-likeness (QED) is 0.419. The highest BCUT2D eigenvalue weighted by molar-refractivity contribution is 5.89. The van der Waals surface area contributed by atoms with Crippen molar-refractivity contribution in [2.75, 3.05) is 13.1 Å². The van der Waals surface area contributed by atoms with Crippen LogP contribution in [0.25, 0.3) is 0 Å². The maximum atomic E-state index is 13.3. The molecule has 0 unspecified atom stereocenters. The number of rotatable bonds is 5. The van der Waals surface area contributed by atoms with Crippen molar-refractivity contribution in [2.45, 2.75) is 55.6 Å². The number of ether oxygens (including phenoxy) is 1. The highest BCUT2D eigenvalue weighted by Crippen LogP contribution is 2.61. The minimum atomic E-state index is -0.187. The average Bonchev–Trinajstić information content (AvgIpc) is 3.46. The van der Waals surface area contributed by atoms with Gasteiger partial charge >= 0.3 is 5.97 Å². The van der Waals surface area contributed by atoms with Crippen molar-refractivity contribution in [2.24, 2.45) is 5.92 Å². The van der Waals surface area contributed by atoms with Gasteiger partial charge in [-0.15, -0.1) is 0 Å². The van der Waals surface area contributed by atoms with Gasteiger partial charge in [-0.1, -0.05) is 78.9 Å². The summed E-state index contributed by atoms with van der Waals surface area (Å²) in [5, 5.41) is 0. The Bertz CT molecular complexity index is 1060. The molecule has 3 nitrogen and oxygen atoms in total. The Morgan fingerprint density at radius 2 is 1.21 bits per heavy atom. The molecule has 7 rings (SSSR count). The van der Waals surface area contributed by atoms with E-state index in [9.17, 15) is 4.79 Å². The third-order valence-electron chi connectivity index (χ3n) is 8.64. The van der Waals surface area contributed by atoms with Gasteiger partial charge in [-0.2, -0.15) is 0 Å². The number of likely N-dealkylation sites (tertiary alicyclic amines) is 1. The van der Waals surface area contributed by atoms with Crippen molar-refractivity contribution in [1.29, 1.82) is 0 Å². The molecule has 3 atom stereocenters. The average molecular weight is 452 g/mol. The van der Waals surface area contributed by atoms with Crippen LogP contribution < -0.4 is 0 Å². The Morgan fingerprint density at radius 1 is 0.706 bits per heavy atom. The maximum Gasteiger partial charge on any atom is 0.338 e. The second-order valence-electron chi connectivity index (χ2n) is 10.5. The van der Waals surface area contributed by atoms with Crippen LogP contribution in [0.2, 0.25) is 0 Å². The zero-order valence-electron chi connectivity index (χ0n) is 19.7. The van der Waals surface area contributed by atoms with Crippen LogP contribution in [0.1, 0.15) is 65.4 Å². The molecule has 1 saturated heterocycles. The van der Waals surface area contributed by atoms with E-state index < -0.39 is 0 Å². The summed E-state index contributed by atoms with van der Waals surface area (Å²) in [6, 6.07) is 31.4. The summed E-state index contributed by atoms with van der Waals surface area (Å²) in [5.41, 5.74) is 3.49. The van der Waals surface area contributed by atoms with E-state index >= 15 is 0 Å². The Kier molecular flexibility index (Phi) is 5.74. The first kappa shape index (κ1) is 21.6. The number of nitrogens with zero attached hydrogens (tertiary/aromatic N) is 1. The number of fused-ring (bicyclic) bond motifs is 3. The molecule has 0 amide bonds. The lowest BCUT2D eigenvalue weighted by Gasteiger charge is -2.61. The number of hydrogen-bond acceptors (Lipinski definition) is 3. The Morgan fingerprint density at radius 3 is 1.74 bits per heavy atom. The maximum absolute atomic E-state index is 13.3. The highest BCUT2D eigenvalue weighted by atomic mass is 16.5. The van der Waals surface area contributed by atoms with Gasteiger partial charge in [0.15, 0.2) is 0 Å². The molecule has 34 heavy (non-hydrogen) atoms. The van der Waals surface area contributed by atoms with Gasteiger partial charge in [0, 0.05) is 17.9 Å². The smallest absolute Gasteiger partial charge is 0.338 e. The highest BCUT2D eigenvalue weighted by Gasteiger charge is 2.59. The summed E-state index contributed by atoms with van der Waals surface area (Å²) in [6.45, 7) is 2.32. The van der Waals surface area contributed by atoms with Crippen LogP contribution in [-0.2, 0) is 4.74 Å². The lowest BCUT2D eigenvalue weighted by Crippen LogP contribution is -2.62. The van der Waals surface area contributed by atoms with Crippen molar-refractivity contribution in [3.05, 3.63) is 108 Å². The molecule has 1 aliphatic heterocycles. The molecule has 4 aliphatic rings. The van der Waals surface area contributed by atoms with Gasteiger partial charge in [0.2, 0.25) is 0 Å². The largest absolute Gasteiger partial charge is 0.458 e. The van der Waals surface area contributed by atoms with Gasteiger partial charge in [0.05, 0.1) is 5.56 Å². The predicted molar refractivity (Wildman–Crippen MR) is 135 cm³/mol. The molecule has 2 bridgehead atoms. The fourth-order valence-corrected chi connectivity index (χ4v) is 7.21. The molecule has 0 N–H and O–H groups in total. The molecular formula is C31H33NO2. The number of esters is 1. The summed E-state index contributed by atoms with van der Waals surface area (Å²) >= 11 is 0. The van der Waals surface area contributed by atoms with E-state index in [2.05, 4.69) is 65.6 Å². The summed E-state index contributed by atoms with van der Waals surface area (Å²) < 4.78 is 6.43. The second kappa shape index (κ2) is 9.03. The van der Waals surface area contributed by atoms with Crippen LogP contribution in [0.5, 0.6) is 0 Å². The van der Waals surface area contributed by atoms with Crippen LogP contribution >= 0.6 is 0 Å². The molecule has 3 aromatic carbocycles. The van der Waals surface area contributed by atoms with Crippen LogP contribution in [0, 0.1) is 5.92 Å². The summed E-state index contributed by atoms with van der Waals surface area (Å²) in [6.07, 6.45) is 5.71. The molecule has 174 valence electrons. The van der Waals surface area contributed by atoms with E-state index in [4.69, 9.17) is 4.74 Å². The summed E-state index contributed by atoms with van der Waals surface area (Å²) in [5.74, 6) is 0.849. The standard InChI is InChI=1S/C31H33NO2/c33-30(25-16-8-3-9-17-25)34-28-22-31(32-18-10-11-19-32)20-26(23-12-4-1-5-13-23)29(28)27(21-31)24-14-6-2-7-15-24/h1-9,12-17,26-29H,10-11,18-22H2/t26-,27-,28+,29?,31?/m0/s1. The lowest BCUT2D eigenvalue weighted by molar-refractivity contribution is -0.105. The van der Waals surface area contributed by atoms with Crippen molar-refractivity contribution in [3.8, 4) is 0 Å². The van der Waals surface area contributed by atoms with Gasteiger partial charge in [-0.25, -0.2) is 4.79 Å². The van der Waals surface area contributed by atoms with E-state index in [0.717, 1.165) is 32.4 Å². The normalized spacial score (nSPS) is 30.8. The zero-order valence-corrected chi connectivity index (χ0v) is 19.7. The minimum absolute atomic E-state index is 0.0773. The fraction of sp³-hybridized carbons (Fsp3) is 0.387. The Hall–Kier alpha value is -2.91. The molecule has 4 fully saturated rings. The third-order valence-corrected chi connectivity index (χ3v) is 8.64. The molecular weight excluding hydrogens is 418 g/mol.